The molecule has 0 radical (unpaired) electrons. The number of rotatable bonds is 2. The molecule has 2 aliphatic heterocycles. The molecule has 4 nitrogen and oxygen atoms in total. The van der Waals surface area contributed by atoms with Gasteiger partial charge in [0, 0.05) is 26.0 Å². The van der Waals surface area contributed by atoms with Gasteiger partial charge in [0.15, 0.2) is 0 Å². The Hall–Kier alpha value is -1.04. The highest BCUT2D eigenvalue weighted by Crippen LogP contribution is 2.41. The molecule has 0 bridgehead atoms. The first kappa shape index (κ1) is 13.9. The number of ether oxygens (including phenoxy) is 2. The summed E-state index contributed by atoms with van der Waals surface area (Å²) in [7, 11) is 0. The van der Waals surface area contributed by atoms with Gasteiger partial charge in [0.25, 0.3) is 0 Å². The van der Waals surface area contributed by atoms with Crippen molar-refractivity contribution in [2.24, 2.45) is 5.92 Å². The maximum absolute atomic E-state index is 13.8. The van der Waals surface area contributed by atoms with E-state index in [1.165, 1.54) is 18.3 Å². The van der Waals surface area contributed by atoms with Crippen LogP contribution in [0.2, 0.25) is 0 Å². The second kappa shape index (κ2) is 5.76. The third-order valence-electron chi connectivity index (χ3n) is 4.45. The summed E-state index contributed by atoms with van der Waals surface area (Å²) in [5.74, 6) is -0.446. The van der Waals surface area contributed by atoms with Gasteiger partial charge in [-0.15, -0.1) is 0 Å². The molecule has 5 heteroatoms. The van der Waals surface area contributed by atoms with Gasteiger partial charge in [-0.3, -0.25) is 4.98 Å². The molecule has 3 rings (SSSR count). The van der Waals surface area contributed by atoms with E-state index < -0.39 is 11.9 Å². The first-order valence-corrected chi connectivity index (χ1v) is 7.20. The average Bonchev–Trinajstić information content (AvgIpc) is 2.48. The summed E-state index contributed by atoms with van der Waals surface area (Å²) in [5.41, 5.74) is -0.0467. The number of aliphatic hydroxyl groups excluding tert-OH is 1. The zero-order valence-electron chi connectivity index (χ0n) is 11.4. The van der Waals surface area contributed by atoms with Gasteiger partial charge in [-0.2, -0.15) is 0 Å². The quantitative estimate of drug-likeness (QED) is 0.903. The SMILES string of the molecule is OC(c1ncccc1F)C1CCOC2(CCOCC2)C1. The summed E-state index contributed by atoms with van der Waals surface area (Å²) in [6.45, 7) is 2.00. The molecule has 0 saturated carbocycles. The van der Waals surface area contributed by atoms with E-state index in [1.54, 1.807) is 0 Å². The number of aromatic nitrogens is 1. The van der Waals surface area contributed by atoms with Crippen LogP contribution in [0.3, 0.4) is 0 Å². The monoisotopic (exact) mass is 281 g/mol. The van der Waals surface area contributed by atoms with Gasteiger partial charge in [0.1, 0.15) is 17.6 Å². The largest absolute Gasteiger partial charge is 0.386 e. The summed E-state index contributed by atoms with van der Waals surface area (Å²) in [6, 6.07) is 2.88. The molecule has 2 unspecified atom stereocenters. The average molecular weight is 281 g/mol. The van der Waals surface area contributed by atoms with Crippen molar-refractivity contribution in [2.45, 2.75) is 37.4 Å². The molecule has 3 heterocycles. The molecule has 0 amide bonds. The highest BCUT2D eigenvalue weighted by atomic mass is 19.1. The van der Waals surface area contributed by atoms with Crippen molar-refractivity contribution in [2.75, 3.05) is 19.8 Å². The van der Waals surface area contributed by atoms with Gasteiger partial charge in [0.05, 0.1) is 5.60 Å². The van der Waals surface area contributed by atoms with Crippen LogP contribution in [0, 0.1) is 11.7 Å². The summed E-state index contributed by atoms with van der Waals surface area (Å²) in [5, 5.41) is 10.5. The van der Waals surface area contributed by atoms with Crippen molar-refractivity contribution in [3.05, 3.63) is 29.8 Å². The normalized spacial score (nSPS) is 27.4. The Morgan fingerprint density at radius 3 is 2.90 bits per heavy atom. The molecule has 20 heavy (non-hydrogen) atoms. The molecule has 2 aliphatic rings. The predicted octanol–water partition coefficient (Wildman–Crippen LogP) is 2.23. The highest BCUT2D eigenvalue weighted by Gasteiger charge is 2.41. The second-order valence-electron chi connectivity index (χ2n) is 5.71. The lowest BCUT2D eigenvalue weighted by Crippen LogP contribution is -2.45. The zero-order chi connectivity index (χ0) is 14.0. The fourth-order valence-electron chi connectivity index (χ4n) is 3.27. The number of hydrogen-bond acceptors (Lipinski definition) is 4. The minimum absolute atomic E-state index is 0.00810. The Balaban J connectivity index is 1.75. The van der Waals surface area contributed by atoms with Crippen molar-refractivity contribution in [1.29, 1.82) is 0 Å². The van der Waals surface area contributed by atoms with E-state index in [4.69, 9.17) is 9.47 Å². The Labute approximate surface area is 117 Å². The zero-order valence-corrected chi connectivity index (χ0v) is 11.4. The molecule has 2 atom stereocenters. The summed E-state index contributed by atoms with van der Waals surface area (Å²) < 4.78 is 25.1. The smallest absolute Gasteiger partial charge is 0.147 e. The maximum Gasteiger partial charge on any atom is 0.147 e. The fourth-order valence-corrected chi connectivity index (χ4v) is 3.27. The highest BCUT2D eigenvalue weighted by molar-refractivity contribution is 5.11. The molecule has 0 aromatic carbocycles. The Kier molecular flexibility index (Phi) is 4.01. The molecule has 1 spiro atoms. The van der Waals surface area contributed by atoms with Gasteiger partial charge in [-0.25, -0.2) is 4.39 Å². The van der Waals surface area contributed by atoms with Crippen molar-refractivity contribution in [1.82, 2.24) is 4.98 Å². The second-order valence-corrected chi connectivity index (χ2v) is 5.71. The van der Waals surface area contributed by atoms with Crippen molar-refractivity contribution >= 4 is 0 Å². The van der Waals surface area contributed by atoms with Crippen LogP contribution in [0.1, 0.15) is 37.5 Å². The summed E-state index contributed by atoms with van der Waals surface area (Å²) in [6.07, 6.45) is 3.83. The fraction of sp³-hybridized carbons (Fsp3) is 0.667. The van der Waals surface area contributed by atoms with Crippen LogP contribution in [-0.2, 0) is 9.47 Å². The lowest BCUT2D eigenvalue weighted by atomic mass is 9.78. The lowest BCUT2D eigenvalue weighted by Gasteiger charge is -2.44. The molecular formula is C15H20FNO3. The van der Waals surface area contributed by atoms with E-state index in [9.17, 15) is 9.50 Å². The van der Waals surface area contributed by atoms with E-state index in [0.717, 1.165) is 25.7 Å². The van der Waals surface area contributed by atoms with Crippen LogP contribution in [0.4, 0.5) is 4.39 Å². The first-order valence-electron chi connectivity index (χ1n) is 7.20. The molecule has 110 valence electrons. The van der Waals surface area contributed by atoms with Crippen LogP contribution in [0.5, 0.6) is 0 Å². The molecule has 2 fully saturated rings. The minimum Gasteiger partial charge on any atom is -0.386 e. The predicted molar refractivity (Wildman–Crippen MR) is 70.6 cm³/mol. The van der Waals surface area contributed by atoms with Crippen LogP contribution in [0.15, 0.2) is 18.3 Å². The van der Waals surface area contributed by atoms with Gasteiger partial charge < -0.3 is 14.6 Å². The standard InChI is InChI=1S/C15H20FNO3/c16-12-2-1-6-17-13(12)14(18)11-3-7-20-15(10-11)4-8-19-9-5-15/h1-2,6,11,14,18H,3-5,7-10H2. The van der Waals surface area contributed by atoms with Crippen LogP contribution < -0.4 is 0 Å². The third-order valence-corrected chi connectivity index (χ3v) is 4.45. The van der Waals surface area contributed by atoms with Crippen LogP contribution in [-0.4, -0.2) is 35.5 Å². The van der Waals surface area contributed by atoms with E-state index >= 15 is 0 Å². The molecule has 0 aliphatic carbocycles. The molecular weight excluding hydrogens is 261 g/mol. The molecule has 2 saturated heterocycles. The number of aliphatic hydroxyl groups is 1. The Morgan fingerprint density at radius 1 is 1.35 bits per heavy atom. The minimum atomic E-state index is -0.861. The van der Waals surface area contributed by atoms with E-state index in [0.29, 0.717) is 19.8 Å². The van der Waals surface area contributed by atoms with Crippen LogP contribution in [0.25, 0.3) is 0 Å². The van der Waals surface area contributed by atoms with Gasteiger partial charge >= 0.3 is 0 Å². The van der Waals surface area contributed by atoms with E-state index in [-0.39, 0.29) is 17.2 Å². The van der Waals surface area contributed by atoms with Crippen molar-refractivity contribution in [3.63, 3.8) is 0 Å². The maximum atomic E-state index is 13.8. The lowest BCUT2D eigenvalue weighted by molar-refractivity contribution is -0.159. The van der Waals surface area contributed by atoms with Crippen molar-refractivity contribution in [3.8, 4) is 0 Å². The first-order chi connectivity index (χ1) is 9.70. The topological polar surface area (TPSA) is 51.6 Å². The molecule has 1 aromatic rings. The number of pyridine rings is 1. The third kappa shape index (κ3) is 2.71. The van der Waals surface area contributed by atoms with Gasteiger partial charge in [0.2, 0.25) is 0 Å². The molecule has 1 aromatic heterocycles. The number of hydrogen-bond donors (Lipinski definition) is 1. The van der Waals surface area contributed by atoms with Gasteiger partial charge in [-0.05, 0) is 43.7 Å². The summed E-state index contributed by atoms with van der Waals surface area (Å²) >= 11 is 0. The Bertz CT molecular complexity index is 457. The number of nitrogens with zero attached hydrogens (tertiary/aromatic N) is 1. The van der Waals surface area contributed by atoms with Crippen molar-refractivity contribution < 1.29 is 19.0 Å². The van der Waals surface area contributed by atoms with Crippen LogP contribution >= 0.6 is 0 Å². The van der Waals surface area contributed by atoms with E-state index in [1.807, 2.05) is 0 Å². The molecule has 1 N–H and O–H groups in total. The summed E-state index contributed by atoms with van der Waals surface area (Å²) in [4.78, 5) is 4.00. The Morgan fingerprint density at radius 2 is 2.15 bits per heavy atom. The van der Waals surface area contributed by atoms with Gasteiger partial charge in [-0.1, -0.05) is 0 Å². The number of halogens is 1. The van der Waals surface area contributed by atoms with E-state index in [2.05, 4.69) is 4.98 Å².